The summed E-state index contributed by atoms with van der Waals surface area (Å²) in [7, 11) is 0. The van der Waals surface area contributed by atoms with Crippen LogP contribution in [-0.4, -0.2) is 14.3 Å². The fraction of sp³-hybridized carbons (Fsp3) is 0.500. The van der Waals surface area contributed by atoms with Gasteiger partial charge in [-0.05, 0) is 29.0 Å². The van der Waals surface area contributed by atoms with Crippen LogP contribution in [0.3, 0.4) is 0 Å². The van der Waals surface area contributed by atoms with Crippen molar-refractivity contribution in [3.05, 3.63) is 46.6 Å². The number of hydrogen-bond acceptors (Lipinski definition) is 2. The predicted molar refractivity (Wildman–Crippen MR) is 81.4 cm³/mol. The molecule has 0 bridgehead atoms. The number of aromatic nitrogens is 3. The molecule has 0 unspecified atom stereocenters. The zero-order chi connectivity index (χ0) is 14.9. The predicted octanol–water partition coefficient (Wildman–Crippen LogP) is 3.20. The lowest BCUT2D eigenvalue weighted by Gasteiger charge is -2.16. The highest BCUT2D eigenvalue weighted by atomic mass is 16.2. The molecule has 0 saturated heterocycles. The van der Waals surface area contributed by atoms with E-state index >= 15 is 0 Å². The zero-order valence-electron chi connectivity index (χ0n) is 12.9. The molecule has 0 fully saturated rings. The van der Waals surface area contributed by atoms with Crippen molar-refractivity contribution in [2.24, 2.45) is 5.41 Å². The van der Waals surface area contributed by atoms with Gasteiger partial charge in [-0.25, -0.2) is 14.0 Å². The van der Waals surface area contributed by atoms with Gasteiger partial charge in [0.25, 0.3) is 0 Å². The molecule has 0 radical (unpaired) electrons. The molecule has 20 heavy (non-hydrogen) atoms. The first-order chi connectivity index (χ1) is 9.28. The third-order valence-electron chi connectivity index (χ3n) is 3.20. The van der Waals surface area contributed by atoms with Gasteiger partial charge >= 0.3 is 5.69 Å². The summed E-state index contributed by atoms with van der Waals surface area (Å²) in [4.78, 5) is 12.3. The largest absolute Gasteiger partial charge is 0.350 e. The first-order valence-electron chi connectivity index (χ1n) is 7.03. The van der Waals surface area contributed by atoms with Crippen molar-refractivity contribution in [1.82, 2.24) is 14.3 Å². The molecule has 2 aromatic rings. The van der Waals surface area contributed by atoms with Gasteiger partial charge in [0.2, 0.25) is 0 Å². The number of nitrogens with zero attached hydrogens (tertiary/aromatic N) is 3. The Bertz CT molecular complexity index is 627. The van der Waals surface area contributed by atoms with E-state index in [0.717, 1.165) is 5.69 Å². The van der Waals surface area contributed by atoms with Gasteiger partial charge in [0, 0.05) is 0 Å². The highest BCUT2D eigenvalue weighted by Crippen LogP contribution is 2.17. The van der Waals surface area contributed by atoms with Crippen LogP contribution in [0.5, 0.6) is 0 Å². The summed E-state index contributed by atoms with van der Waals surface area (Å²) in [6, 6.07) is 8.07. The van der Waals surface area contributed by atoms with Crippen molar-refractivity contribution in [1.29, 1.82) is 0 Å². The second kappa shape index (κ2) is 5.27. The lowest BCUT2D eigenvalue weighted by molar-refractivity contribution is 0.319. The summed E-state index contributed by atoms with van der Waals surface area (Å²) >= 11 is 0. The maximum atomic E-state index is 12.3. The minimum Gasteiger partial charge on any atom is -0.250 e. The zero-order valence-corrected chi connectivity index (χ0v) is 12.9. The molecule has 108 valence electrons. The van der Waals surface area contributed by atoms with Crippen LogP contribution in [0.15, 0.2) is 35.4 Å². The Hall–Kier alpha value is -1.84. The van der Waals surface area contributed by atoms with Gasteiger partial charge in [0.1, 0.15) is 6.33 Å². The van der Waals surface area contributed by atoms with Gasteiger partial charge in [-0.15, -0.1) is 0 Å². The van der Waals surface area contributed by atoms with Crippen LogP contribution in [0.4, 0.5) is 0 Å². The van der Waals surface area contributed by atoms with Crippen LogP contribution in [-0.2, 0) is 6.54 Å². The third kappa shape index (κ3) is 3.18. The Morgan fingerprint density at radius 3 is 2.25 bits per heavy atom. The van der Waals surface area contributed by atoms with Crippen molar-refractivity contribution >= 4 is 0 Å². The number of benzene rings is 1. The summed E-state index contributed by atoms with van der Waals surface area (Å²) in [5.41, 5.74) is 2.07. The molecule has 4 nitrogen and oxygen atoms in total. The Kier molecular flexibility index (Phi) is 3.84. The molecule has 2 rings (SSSR count). The van der Waals surface area contributed by atoms with Crippen LogP contribution in [0.2, 0.25) is 0 Å². The van der Waals surface area contributed by atoms with E-state index in [1.54, 1.807) is 10.9 Å². The van der Waals surface area contributed by atoms with Crippen molar-refractivity contribution in [3.8, 4) is 5.69 Å². The number of hydrogen-bond donors (Lipinski definition) is 0. The molecule has 0 saturated carbocycles. The number of rotatable bonds is 3. The molecule has 1 heterocycles. The highest BCUT2D eigenvalue weighted by molar-refractivity contribution is 5.35. The van der Waals surface area contributed by atoms with Crippen molar-refractivity contribution in [3.63, 3.8) is 0 Å². The fourth-order valence-electron chi connectivity index (χ4n) is 2.09. The van der Waals surface area contributed by atoms with Crippen LogP contribution in [0, 0.1) is 5.41 Å². The fourth-order valence-corrected chi connectivity index (χ4v) is 2.09. The molecular weight excluding hydrogens is 250 g/mol. The lowest BCUT2D eigenvalue weighted by atomic mass is 9.97. The van der Waals surface area contributed by atoms with Crippen molar-refractivity contribution < 1.29 is 0 Å². The van der Waals surface area contributed by atoms with E-state index in [0.29, 0.717) is 12.5 Å². The first kappa shape index (κ1) is 14.6. The van der Waals surface area contributed by atoms with E-state index in [-0.39, 0.29) is 11.1 Å². The van der Waals surface area contributed by atoms with E-state index < -0.39 is 0 Å². The van der Waals surface area contributed by atoms with E-state index in [9.17, 15) is 4.79 Å². The van der Waals surface area contributed by atoms with E-state index in [2.05, 4.69) is 51.9 Å². The quantitative estimate of drug-likeness (QED) is 0.861. The Labute approximate surface area is 120 Å². The van der Waals surface area contributed by atoms with Gasteiger partial charge in [0.05, 0.1) is 12.2 Å². The SMILES string of the molecule is CC(C)c1ccc(-n2cnn(CC(C)(C)C)c2=O)cc1. The van der Waals surface area contributed by atoms with Crippen LogP contribution in [0.1, 0.15) is 46.1 Å². The van der Waals surface area contributed by atoms with E-state index in [1.165, 1.54) is 10.2 Å². The highest BCUT2D eigenvalue weighted by Gasteiger charge is 2.15. The molecule has 0 amide bonds. The van der Waals surface area contributed by atoms with E-state index in [4.69, 9.17) is 0 Å². The van der Waals surface area contributed by atoms with Crippen LogP contribution in [0.25, 0.3) is 5.69 Å². The summed E-state index contributed by atoms with van der Waals surface area (Å²) < 4.78 is 3.12. The molecule has 0 aliphatic heterocycles. The third-order valence-corrected chi connectivity index (χ3v) is 3.20. The molecule has 0 N–H and O–H groups in total. The molecule has 1 aromatic heterocycles. The molecule has 1 aromatic carbocycles. The maximum Gasteiger partial charge on any atom is 0.350 e. The normalized spacial score (nSPS) is 12.1. The summed E-state index contributed by atoms with van der Waals surface area (Å²) in [5, 5.41) is 4.20. The van der Waals surface area contributed by atoms with Crippen molar-refractivity contribution in [2.75, 3.05) is 0 Å². The van der Waals surface area contributed by atoms with Crippen LogP contribution < -0.4 is 5.69 Å². The Balaban J connectivity index is 2.32. The van der Waals surface area contributed by atoms with Gasteiger partial charge in [0.15, 0.2) is 0 Å². The second-order valence-corrected chi connectivity index (χ2v) is 6.75. The smallest absolute Gasteiger partial charge is 0.250 e. The molecule has 0 aliphatic carbocycles. The summed E-state index contributed by atoms with van der Waals surface area (Å²) in [6.07, 6.45) is 1.60. The Morgan fingerprint density at radius 1 is 1.15 bits per heavy atom. The standard InChI is InChI=1S/C16H23N3O/c1-12(2)13-6-8-14(9-7-13)18-11-17-19(15(18)20)10-16(3,4)5/h6-9,11-12H,10H2,1-5H3. The topological polar surface area (TPSA) is 39.8 Å². The lowest BCUT2D eigenvalue weighted by Crippen LogP contribution is -2.29. The average molecular weight is 273 g/mol. The van der Waals surface area contributed by atoms with Crippen molar-refractivity contribution in [2.45, 2.75) is 47.1 Å². The molecule has 4 heteroatoms. The monoisotopic (exact) mass is 273 g/mol. The minimum absolute atomic E-state index is 0.0323. The summed E-state index contributed by atoms with van der Waals surface area (Å²) in [5.74, 6) is 0.490. The van der Waals surface area contributed by atoms with Gasteiger partial charge in [-0.1, -0.05) is 46.8 Å². The molecule has 0 aliphatic rings. The van der Waals surface area contributed by atoms with Gasteiger partial charge < -0.3 is 0 Å². The average Bonchev–Trinajstić information content (AvgIpc) is 2.69. The van der Waals surface area contributed by atoms with Crippen LogP contribution >= 0.6 is 0 Å². The second-order valence-electron chi connectivity index (χ2n) is 6.75. The summed E-state index contributed by atoms with van der Waals surface area (Å²) in [6.45, 7) is 11.2. The minimum atomic E-state index is -0.0859. The molecule has 0 atom stereocenters. The van der Waals surface area contributed by atoms with Gasteiger partial charge in [-0.3, -0.25) is 0 Å². The molecular formula is C16H23N3O. The molecule has 0 spiro atoms. The van der Waals surface area contributed by atoms with E-state index in [1.807, 2.05) is 12.1 Å². The first-order valence-corrected chi connectivity index (χ1v) is 7.03. The maximum absolute atomic E-state index is 12.3. The van der Waals surface area contributed by atoms with Gasteiger partial charge in [-0.2, -0.15) is 5.10 Å². The Morgan fingerprint density at radius 2 is 1.75 bits per heavy atom.